The molecule has 4 nitrogen and oxygen atoms in total. The molecule has 0 aliphatic heterocycles. The lowest BCUT2D eigenvalue weighted by molar-refractivity contribution is 0.0601. The van der Waals surface area contributed by atoms with E-state index in [0.717, 1.165) is 40.9 Å². The number of carbonyl (C=O) groups is 1. The number of methoxy groups -OCH3 is 1. The lowest BCUT2D eigenvalue weighted by atomic mass is 10.1. The number of halogens is 1. The number of unbranched alkanes of at least 4 members (excludes halogenated alkanes) is 1. The van der Waals surface area contributed by atoms with Crippen molar-refractivity contribution in [3.63, 3.8) is 0 Å². The van der Waals surface area contributed by atoms with Gasteiger partial charge in [0.05, 0.1) is 25.0 Å². The van der Waals surface area contributed by atoms with Crippen molar-refractivity contribution < 1.29 is 14.3 Å². The van der Waals surface area contributed by atoms with E-state index < -0.39 is 0 Å². The molecule has 0 aliphatic carbocycles. The molecule has 0 fully saturated rings. The molecule has 0 saturated heterocycles. The van der Waals surface area contributed by atoms with Crippen molar-refractivity contribution in [3.05, 3.63) is 57.6 Å². The fraction of sp³-hybridized carbons (Fsp3) is 0.350. The maximum absolute atomic E-state index is 12.0. The monoisotopic (exact) mass is 405 g/mol. The van der Waals surface area contributed by atoms with Crippen LogP contribution in [0.4, 0.5) is 5.69 Å². The topological polar surface area (TPSA) is 47.6 Å². The zero-order valence-corrected chi connectivity index (χ0v) is 16.5. The number of esters is 1. The molecule has 2 aromatic rings. The fourth-order valence-corrected chi connectivity index (χ4v) is 3.24. The van der Waals surface area contributed by atoms with Gasteiger partial charge in [0.15, 0.2) is 0 Å². The molecule has 0 radical (unpaired) electrons. The highest BCUT2D eigenvalue weighted by Gasteiger charge is 2.15. The molecule has 0 amide bonds. The first-order valence-electron chi connectivity index (χ1n) is 8.33. The molecule has 25 heavy (non-hydrogen) atoms. The highest BCUT2D eigenvalue weighted by molar-refractivity contribution is 9.10. The van der Waals surface area contributed by atoms with Crippen LogP contribution in [0.15, 0.2) is 40.9 Å². The fourth-order valence-electron chi connectivity index (χ4n) is 2.53. The third-order valence-electron chi connectivity index (χ3n) is 3.77. The summed E-state index contributed by atoms with van der Waals surface area (Å²) in [6.45, 7) is 5.42. The first kappa shape index (κ1) is 19.3. The molecule has 0 saturated carbocycles. The smallest absolute Gasteiger partial charge is 0.340 e. The lowest BCUT2D eigenvalue weighted by Crippen LogP contribution is -2.11. The maximum Gasteiger partial charge on any atom is 0.340 e. The number of nitrogens with one attached hydrogen (secondary N) is 1. The second kappa shape index (κ2) is 9.47. The van der Waals surface area contributed by atoms with Gasteiger partial charge in [-0.15, -0.1) is 0 Å². The largest absolute Gasteiger partial charge is 0.494 e. The summed E-state index contributed by atoms with van der Waals surface area (Å²) in [5, 5.41) is 3.33. The summed E-state index contributed by atoms with van der Waals surface area (Å²) >= 11 is 3.52. The van der Waals surface area contributed by atoms with Gasteiger partial charge in [-0.2, -0.15) is 0 Å². The van der Waals surface area contributed by atoms with E-state index in [9.17, 15) is 4.79 Å². The van der Waals surface area contributed by atoms with Crippen molar-refractivity contribution in [1.29, 1.82) is 0 Å². The summed E-state index contributed by atoms with van der Waals surface area (Å²) in [7, 11) is 1.39. The number of benzene rings is 2. The normalized spacial score (nSPS) is 10.4. The Morgan fingerprint density at radius 3 is 2.64 bits per heavy atom. The molecule has 134 valence electrons. The molecule has 2 aromatic carbocycles. The molecular weight excluding hydrogens is 382 g/mol. The van der Waals surface area contributed by atoms with Crippen LogP contribution >= 0.6 is 15.9 Å². The highest BCUT2D eigenvalue weighted by Crippen LogP contribution is 2.29. The van der Waals surface area contributed by atoms with Gasteiger partial charge in [-0.25, -0.2) is 4.79 Å². The Labute approximate surface area is 157 Å². The Bertz CT molecular complexity index is 731. The Morgan fingerprint density at radius 2 is 1.92 bits per heavy atom. The average Bonchev–Trinajstić information content (AvgIpc) is 2.58. The van der Waals surface area contributed by atoms with E-state index in [0.29, 0.717) is 12.2 Å². The summed E-state index contributed by atoms with van der Waals surface area (Å²) in [5.74, 6) is 0.567. The van der Waals surface area contributed by atoms with E-state index in [1.165, 1.54) is 12.7 Å². The van der Waals surface area contributed by atoms with Crippen molar-refractivity contribution in [3.8, 4) is 5.75 Å². The van der Waals surface area contributed by atoms with Crippen molar-refractivity contribution in [2.24, 2.45) is 0 Å². The van der Waals surface area contributed by atoms with Crippen LogP contribution in [0.25, 0.3) is 0 Å². The minimum absolute atomic E-state index is 0.338. The zero-order chi connectivity index (χ0) is 18.2. The molecule has 0 aliphatic rings. The number of hydrogen-bond acceptors (Lipinski definition) is 4. The summed E-state index contributed by atoms with van der Waals surface area (Å²) in [5.41, 5.74) is 3.52. The predicted octanol–water partition coefficient (Wildman–Crippen LogP) is 5.12. The van der Waals surface area contributed by atoms with Gasteiger partial charge in [-0.3, -0.25) is 0 Å². The second-order valence-corrected chi connectivity index (χ2v) is 6.81. The van der Waals surface area contributed by atoms with E-state index in [2.05, 4.69) is 34.2 Å². The summed E-state index contributed by atoms with van der Waals surface area (Å²) in [6, 6.07) is 11.9. The maximum atomic E-state index is 12.0. The third kappa shape index (κ3) is 5.78. The van der Waals surface area contributed by atoms with Gasteiger partial charge >= 0.3 is 5.97 Å². The molecule has 2 rings (SSSR count). The molecule has 0 unspecified atom stereocenters. The summed E-state index contributed by atoms with van der Waals surface area (Å²) in [4.78, 5) is 12.0. The molecule has 1 N–H and O–H groups in total. The molecule has 0 spiro atoms. The Morgan fingerprint density at radius 1 is 1.12 bits per heavy atom. The van der Waals surface area contributed by atoms with E-state index >= 15 is 0 Å². The molecule has 5 heteroatoms. The van der Waals surface area contributed by atoms with E-state index in [1.807, 2.05) is 37.3 Å². The van der Waals surface area contributed by atoms with E-state index in [4.69, 9.17) is 9.47 Å². The van der Waals surface area contributed by atoms with Crippen LogP contribution in [0.5, 0.6) is 5.75 Å². The van der Waals surface area contributed by atoms with E-state index in [-0.39, 0.29) is 5.97 Å². The quantitative estimate of drug-likeness (QED) is 0.488. The molecule has 0 aromatic heterocycles. The van der Waals surface area contributed by atoms with Crippen molar-refractivity contribution in [1.82, 2.24) is 0 Å². The number of aryl methyl sites for hydroxylation is 2. The number of carbonyl (C=O) groups excluding carboxylic acids is 1. The lowest BCUT2D eigenvalue weighted by Gasteiger charge is -2.14. The van der Waals surface area contributed by atoms with Crippen LogP contribution in [-0.4, -0.2) is 26.2 Å². The SMILES string of the molecule is COC(=O)c1cc(C)cc(Br)c1NCCCCOc1cccc(C)c1. The molecule has 0 atom stereocenters. The number of hydrogen-bond donors (Lipinski definition) is 1. The van der Waals surface area contributed by atoms with Crippen LogP contribution in [0.2, 0.25) is 0 Å². The van der Waals surface area contributed by atoms with Crippen molar-refractivity contribution in [2.75, 3.05) is 25.6 Å². The summed E-state index contributed by atoms with van der Waals surface area (Å²) < 4.78 is 11.5. The van der Waals surface area contributed by atoms with Crippen LogP contribution in [0, 0.1) is 13.8 Å². The Hall–Kier alpha value is -2.01. The zero-order valence-electron chi connectivity index (χ0n) is 14.9. The average molecular weight is 406 g/mol. The van der Waals surface area contributed by atoms with Crippen LogP contribution in [-0.2, 0) is 4.74 Å². The van der Waals surface area contributed by atoms with Crippen LogP contribution in [0.1, 0.15) is 34.3 Å². The highest BCUT2D eigenvalue weighted by atomic mass is 79.9. The van der Waals surface area contributed by atoms with E-state index in [1.54, 1.807) is 0 Å². The Balaban J connectivity index is 1.82. The van der Waals surface area contributed by atoms with Crippen LogP contribution in [0.3, 0.4) is 0 Å². The minimum atomic E-state index is -0.338. The van der Waals surface area contributed by atoms with Gasteiger partial charge < -0.3 is 14.8 Å². The minimum Gasteiger partial charge on any atom is -0.494 e. The number of ether oxygens (including phenoxy) is 2. The second-order valence-electron chi connectivity index (χ2n) is 5.96. The molecular formula is C20H24BrNO3. The van der Waals surface area contributed by atoms with Crippen LogP contribution < -0.4 is 10.1 Å². The van der Waals surface area contributed by atoms with Gasteiger partial charge in [-0.05, 0) is 78.0 Å². The van der Waals surface area contributed by atoms with Gasteiger partial charge in [0.25, 0.3) is 0 Å². The first-order valence-corrected chi connectivity index (χ1v) is 9.12. The summed E-state index contributed by atoms with van der Waals surface area (Å²) in [6.07, 6.45) is 1.87. The predicted molar refractivity (Wildman–Crippen MR) is 105 cm³/mol. The molecule has 0 heterocycles. The standard InChI is InChI=1S/C20H24BrNO3/c1-14-7-6-8-16(11-14)25-10-5-4-9-22-19-17(20(23)24-3)12-15(2)13-18(19)21/h6-8,11-13,22H,4-5,9-10H2,1-3H3. The van der Waals surface area contributed by atoms with Crippen molar-refractivity contribution >= 4 is 27.6 Å². The van der Waals surface area contributed by atoms with Gasteiger partial charge in [0.2, 0.25) is 0 Å². The first-order chi connectivity index (χ1) is 12.0. The van der Waals surface area contributed by atoms with Gasteiger partial charge in [0, 0.05) is 11.0 Å². The molecule has 0 bridgehead atoms. The van der Waals surface area contributed by atoms with Gasteiger partial charge in [0.1, 0.15) is 5.75 Å². The third-order valence-corrected chi connectivity index (χ3v) is 4.40. The van der Waals surface area contributed by atoms with Crippen molar-refractivity contribution in [2.45, 2.75) is 26.7 Å². The number of anilines is 1. The Kier molecular flexibility index (Phi) is 7.31. The van der Waals surface area contributed by atoms with Gasteiger partial charge in [-0.1, -0.05) is 12.1 Å². The number of rotatable bonds is 8.